The smallest absolute Gasteiger partial charge is 0.318 e. The highest BCUT2D eigenvalue weighted by atomic mass is 16.2. The molecule has 0 radical (unpaired) electrons. The summed E-state index contributed by atoms with van der Waals surface area (Å²) in [5.41, 5.74) is 2.50. The van der Waals surface area contributed by atoms with E-state index in [1.54, 1.807) is 49.4 Å². The second kappa shape index (κ2) is 6.21. The van der Waals surface area contributed by atoms with Crippen molar-refractivity contribution in [2.24, 2.45) is 0 Å². The van der Waals surface area contributed by atoms with Crippen molar-refractivity contribution in [2.75, 3.05) is 0 Å². The molecule has 27 heavy (non-hydrogen) atoms. The van der Waals surface area contributed by atoms with Crippen LogP contribution in [0.4, 0.5) is 4.79 Å². The van der Waals surface area contributed by atoms with E-state index in [1.165, 1.54) is 0 Å². The normalized spacial score (nSPS) is 19.2. The number of carbonyl (C=O) groups excluding carboxylic acids is 3. The lowest BCUT2D eigenvalue weighted by atomic mass is 9.92. The van der Waals surface area contributed by atoms with Crippen LogP contribution in [0.15, 0.2) is 66.7 Å². The zero-order valence-electron chi connectivity index (χ0n) is 14.5. The molecule has 1 aromatic heterocycles. The molecule has 4 rings (SSSR count). The predicted octanol–water partition coefficient (Wildman–Crippen LogP) is 2.35. The first-order chi connectivity index (χ1) is 13.0. The number of imide groups is 1. The van der Waals surface area contributed by atoms with Gasteiger partial charge in [0.05, 0.1) is 5.52 Å². The Hall–Kier alpha value is -3.74. The second-order valence-corrected chi connectivity index (χ2v) is 6.39. The summed E-state index contributed by atoms with van der Waals surface area (Å²) in [6, 6.07) is 18.8. The maximum Gasteiger partial charge on any atom is 0.344 e. The zero-order valence-corrected chi connectivity index (χ0v) is 14.5. The number of nitrogens with zero attached hydrogens (tertiary/aromatic N) is 2. The van der Waals surface area contributed by atoms with E-state index in [2.05, 4.69) is 15.7 Å². The van der Waals surface area contributed by atoms with Gasteiger partial charge in [0.15, 0.2) is 0 Å². The molecule has 1 aliphatic heterocycles. The van der Waals surface area contributed by atoms with Gasteiger partial charge in [0.25, 0.3) is 11.8 Å². The number of para-hydroxylation sites is 1. The van der Waals surface area contributed by atoms with Gasteiger partial charge in [-0.15, -0.1) is 0 Å². The van der Waals surface area contributed by atoms with Gasteiger partial charge in [0, 0.05) is 5.39 Å². The number of hydrogen-bond acceptors (Lipinski definition) is 4. The number of hydrogen-bond donors (Lipinski definition) is 2. The van der Waals surface area contributed by atoms with Crippen molar-refractivity contribution in [2.45, 2.75) is 12.5 Å². The number of hydrazine groups is 1. The Labute approximate surface area is 155 Å². The number of amides is 4. The van der Waals surface area contributed by atoms with E-state index in [9.17, 15) is 14.4 Å². The molecule has 7 heteroatoms. The first-order valence-electron chi connectivity index (χ1n) is 8.38. The van der Waals surface area contributed by atoms with Crippen molar-refractivity contribution in [1.82, 2.24) is 20.7 Å². The Kier molecular flexibility index (Phi) is 3.84. The Balaban J connectivity index is 1.59. The maximum atomic E-state index is 12.8. The number of aromatic nitrogens is 1. The lowest BCUT2D eigenvalue weighted by Crippen LogP contribution is -2.48. The number of rotatable bonds is 3. The summed E-state index contributed by atoms with van der Waals surface area (Å²) in [6.07, 6.45) is 0. The molecule has 1 unspecified atom stereocenters. The summed E-state index contributed by atoms with van der Waals surface area (Å²) >= 11 is 0. The molecule has 2 aromatic carbocycles. The van der Waals surface area contributed by atoms with Crippen LogP contribution in [-0.4, -0.2) is 27.8 Å². The second-order valence-electron chi connectivity index (χ2n) is 6.39. The highest BCUT2D eigenvalue weighted by Gasteiger charge is 2.50. The minimum Gasteiger partial charge on any atom is -0.318 e. The third-order valence-electron chi connectivity index (χ3n) is 4.59. The van der Waals surface area contributed by atoms with Crippen molar-refractivity contribution in [1.29, 1.82) is 0 Å². The highest BCUT2D eigenvalue weighted by molar-refractivity contribution is 6.09. The van der Waals surface area contributed by atoms with Crippen LogP contribution in [0.3, 0.4) is 0 Å². The molecule has 134 valence electrons. The first kappa shape index (κ1) is 16.7. The molecule has 0 saturated carbocycles. The zero-order chi connectivity index (χ0) is 19.0. The molecule has 2 N–H and O–H groups in total. The fraction of sp³-hybridized carbons (Fsp3) is 0.100. The molecular formula is C20H16N4O3. The quantitative estimate of drug-likeness (QED) is 0.702. The molecule has 1 fully saturated rings. The van der Waals surface area contributed by atoms with Gasteiger partial charge in [-0.25, -0.2) is 9.78 Å². The van der Waals surface area contributed by atoms with E-state index in [4.69, 9.17) is 0 Å². The van der Waals surface area contributed by atoms with Crippen molar-refractivity contribution >= 4 is 28.7 Å². The Morgan fingerprint density at radius 1 is 1.00 bits per heavy atom. The lowest BCUT2D eigenvalue weighted by molar-refractivity contribution is -0.132. The number of fused-ring (bicyclic) bond motifs is 1. The molecule has 0 aliphatic carbocycles. The predicted molar refractivity (Wildman–Crippen MR) is 98.4 cm³/mol. The molecule has 1 saturated heterocycles. The summed E-state index contributed by atoms with van der Waals surface area (Å²) < 4.78 is 0. The number of nitrogens with one attached hydrogen (secondary N) is 2. The molecule has 1 aliphatic rings. The number of carbonyl (C=O) groups is 3. The van der Waals surface area contributed by atoms with Gasteiger partial charge in [0.2, 0.25) is 0 Å². The van der Waals surface area contributed by atoms with Crippen LogP contribution < -0.4 is 10.7 Å². The Morgan fingerprint density at radius 2 is 1.70 bits per heavy atom. The van der Waals surface area contributed by atoms with E-state index in [1.807, 2.05) is 24.3 Å². The van der Waals surface area contributed by atoms with E-state index in [0.717, 1.165) is 5.39 Å². The molecular weight excluding hydrogens is 344 g/mol. The van der Waals surface area contributed by atoms with Crippen LogP contribution in [0.1, 0.15) is 23.0 Å². The molecule has 7 nitrogen and oxygen atoms in total. The molecule has 0 bridgehead atoms. The Bertz CT molecular complexity index is 1070. The topological polar surface area (TPSA) is 91.4 Å². The first-order valence-corrected chi connectivity index (χ1v) is 8.38. The molecule has 4 amide bonds. The van der Waals surface area contributed by atoms with Crippen molar-refractivity contribution < 1.29 is 14.4 Å². The van der Waals surface area contributed by atoms with E-state index < -0.39 is 23.4 Å². The fourth-order valence-corrected chi connectivity index (χ4v) is 3.06. The maximum absolute atomic E-state index is 12.8. The van der Waals surface area contributed by atoms with Crippen molar-refractivity contribution in [3.05, 3.63) is 78.0 Å². The van der Waals surface area contributed by atoms with Gasteiger partial charge in [-0.1, -0.05) is 54.6 Å². The van der Waals surface area contributed by atoms with Crippen LogP contribution in [-0.2, 0) is 10.3 Å². The van der Waals surface area contributed by atoms with E-state index >= 15 is 0 Å². The lowest BCUT2D eigenvalue weighted by Gasteiger charge is -2.22. The summed E-state index contributed by atoms with van der Waals surface area (Å²) in [7, 11) is 0. The van der Waals surface area contributed by atoms with Gasteiger partial charge >= 0.3 is 6.03 Å². The van der Waals surface area contributed by atoms with Gasteiger partial charge in [0.1, 0.15) is 11.2 Å². The summed E-state index contributed by atoms with van der Waals surface area (Å²) in [5, 5.41) is 4.23. The molecule has 0 spiro atoms. The molecule has 3 aromatic rings. The van der Waals surface area contributed by atoms with Gasteiger partial charge in [-0.3, -0.25) is 15.0 Å². The van der Waals surface area contributed by atoms with Gasteiger partial charge < -0.3 is 5.32 Å². The third kappa shape index (κ3) is 2.79. The number of urea groups is 1. The summed E-state index contributed by atoms with van der Waals surface area (Å²) in [5.74, 6) is -1.20. The summed E-state index contributed by atoms with van der Waals surface area (Å²) in [6.45, 7) is 1.60. The van der Waals surface area contributed by atoms with Crippen LogP contribution in [0.2, 0.25) is 0 Å². The van der Waals surface area contributed by atoms with Crippen LogP contribution in [0.25, 0.3) is 10.9 Å². The molecule has 1 atom stereocenters. The van der Waals surface area contributed by atoms with Gasteiger partial charge in [-0.2, -0.15) is 5.01 Å². The summed E-state index contributed by atoms with van der Waals surface area (Å²) in [4.78, 5) is 42.0. The number of pyridine rings is 1. The van der Waals surface area contributed by atoms with Crippen molar-refractivity contribution in [3.8, 4) is 0 Å². The van der Waals surface area contributed by atoms with Crippen LogP contribution >= 0.6 is 0 Å². The van der Waals surface area contributed by atoms with E-state index in [0.29, 0.717) is 16.1 Å². The number of benzene rings is 2. The largest absolute Gasteiger partial charge is 0.344 e. The van der Waals surface area contributed by atoms with Crippen LogP contribution in [0, 0.1) is 0 Å². The SMILES string of the molecule is CC1(c2ccccc2)NC(=O)N(NC(=O)c2ccc3ccccc3n2)C1=O. The van der Waals surface area contributed by atoms with Gasteiger partial charge in [-0.05, 0) is 24.6 Å². The Morgan fingerprint density at radius 3 is 2.48 bits per heavy atom. The fourth-order valence-electron chi connectivity index (χ4n) is 3.06. The molecule has 2 heterocycles. The van der Waals surface area contributed by atoms with Crippen LogP contribution in [0.5, 0.6) is 0 Å². The third-order valence-corrected chi connectivity index (χ3v) is 4.59. The monoisotopic (exact) mass is 360 g/mol. The standard InChI is InChI=1S/C20H16N4O3/c1-20(14-8-3-2-4-9-14)18(26)24(19(27)22-20)23-17(25)16-12-11-13-7-5-6-10-15(13)21-16/h2-12H,1H3,(H,22,27)(H,23,25). The highest BCUT2D eigenvalue weighted by Crippen LogP contribution is 2.27. The minimum absolute atomic E-state index is 0.114. The van der Waals surface area contributed by atoms with E-state index in [-0.39, 0.29) is 5.69 Å². The van der Waals surface area contributed by atoms with Crippen molar-refractivity contribution in [3.63, 3.8) is 0 Å². The average Bonchev–Trinajstić information content (AvgIpc) is 2.92. The minimum atomic E-state index is -1.25. The average molecular weight is 360 g/mol.